The van der Waals surface area contributed by atoms with Gasteiger partial charge in [0, 0.05) is 31.9 Å². The van der Waals surface area contributed by atoms with E-state index in [2.05, 4.69) is 15.6 Å². The molecular formula is C20H25N3O4. The highest BCUT2D eigenvalue weighted by molar-refractivity contribution is 5.93. The maximum atomic E-state index is 12.0. The van der Waals surface area contributed by atoms with Gasteiger partial charge in [0.2, 0.25) is 5.91 Å². The molecule has 7 nitrogen and oxygen atoms in total. The molecule has 1 aromatic heterocycles. The normalized spacial score (nSPS) is 10.1. The summed E-state index contributed by atoms with van der Waals surface area (Å²) in [6.45, 7) is 3.21. The van der Waals surface area contributed by atoms with E-state index in [4.69, 9.17) is 9.47 Å². The van der Waals surface area contributed by atoms with Gasteiger partial charge in [-0.3, -0.25) is 14.6 Å². The van der Waals surface area contributed by atoms with Crippen LogP contribution in [0.15, 0.2) is 42.7 Å². The van der Waals surface area contributed by atoms with Gasteiger partial charge in [0.25, 0.3) is 5.91 Å². The Hall–Kier alpha value is -3.09. The molecule has 1 heterocycles. The number of carbonyl (C=O) groups is 2. The molecule has 0 saturated heterocycles. The van der Waals surface area contributed by atoms with Gasteiger partial charge in [0.15, 0.2) is 11.5 Å². The second kappa shape index (κ2) is 10.8. The zero-order valence-corrected chi connectivity index (χ0v) is 15.7. The molecule has 2 N–H and O–H groups in total. The molecule has 0 aliphatic carbocycles. The Labute approximate surface area is 159 Å². The summed E-state index contributed by atoms with van der Waals surface area (Å²) in [4.78, 5) is 27.7. The van der Waals surface area contributed by atoms with Crippen molar-refractivity contribution in [3.8, 4) is 11.5 Å². The molecule has 0 unspecified atom stereocenters. The Bertz CT molecular complexity index is 750. The fourth-order valence-electron chi connectivity index (χ4n) is 2.47. The molecule has 0 saturated carbocycles. The molecule has 0 fully saturated rings. The number of pyridine rings is 1. The smallest absolute Gasteiger partial charge is 0.252 e. The lowest BCUT2D eigenvalue weighted by Gasteiger charge is -2.11. The van der Waals surface area contributed by atoms with Gasteiger partial charge in [0.1, 0.15) is 0 Å². The Morgan fingerprint density at radius 2 is 1.93 bits per heavy atom. The molecule has 0 aliphatic heterocycles. The van der Waals surface area contributed by atoms with Crippen LogP contribution in [0.4, 0.5) is 0 Å². The molecule has 2 amide bonds. The summed E-state index contributed by atoms with van der Waals surface area (Å²) in [5, 5.41) is 5.53. The zero-order chi connectivity index (χ0) is 19.5. The van der Waals surface area contributed by atoms with Crippen molar-refractivity contribution < 1.29 is 19.1 Å². The number of nitrogens with zero attached hydrogens (tertiary/aromatic N) is 1. The summed E-state index contributed by atoms with van der Waals surface area (Å²) in [5.74, 6) is 1.07. The fourth-order valence-corrected chi connectivity index (χ4v) is 2.47. The molecule has 27 heavy (non-hydrogen) atoms. The van der Waals surface area contributed by atoms with Gasteiger partial charge in [-0.15, -0.1) is 0 Å². The van der Waals surface area contributed by atoms with Crippen molar-refractivity contribution in [2.24, 2.45) is 0 Å². The number of nitrogens with one attached hydrogen (secondary N) is 2. The minimum atomic E-state index is -0.209. The predicted molar refractivity (Wildman–Crippen MR) is 102 cm³/mol. The van der Waals surface area contributed by atoms with Gasteiger partial charge >= 0.3 is 0 Å². The van der Waals surface area contributed by atoms with E-state index in [-0.39, 0.29) is 11.8 Å². The summed E-state index contributed by atoms with van der Waals surface area (Å²) >= 11 is 0. The van der Waals surface area contributed by atoms with E-state index in [0.717, 1.165) is 5.56 Å². The first-order valence-corrected chi connectivity index (χ1v) is 8.88. The number of rotatable bonds is 10. The van der Waals surface area contributed by atoms with Gasteiger partial charge < -0.3 is 20.1 Å². The standard InChI is InChI=1S/C20H25N3O4/c1-3-27-17-8-6-15(13-18(17)26-2)7-9-19(24)22-11-12-23-20(25)16-5-4-10-21-14-16/h4-6,8,10,13-14H,3,7,9,11-12H2,1-2H3,(H,22,24)(H,23,25). The molecule has 1 aromatic carbocycles. The number of amides is 2. The van der Waals surface area contributed by atoms with Crippen LogP contribution in [0.1, 0.15) is 29.3 Å². The number of aromatic nitrogens is 1. The number of carbonyl (C=O) groups excluding carboxylic acids is 2. The molecule has 2 aromatic rings. The van der Waals surface area contributed by atoms with E-state index >= 15 is 0 Å². The number of hydrogen-bond donors (Lipinski definition) is 2. The van der Waals surface area contributed by atoms with Gasteiger partial charge in [-0.25, -0.2) is 0 Å². The van der Waals surface area contributed by atoms with Gasteiger partial charge in [0.05, 0.1) is 19.3 Å². The molecule has 0 radical (unpaired) electrons. The first-order valence-electron chi connectivity index (χ1n) is 8.88. The third kappa shape index (κ3) is 6.62. The van der Waals surface area contributed by atoms with Crippen LogP contribution in [0.5, 0.6) is 11.5 Å². The van der Waals surface area contributed by atoms with E-state index in [9.17, 15) is 9.59 Å². The molecule has 0 aliphatic rings. The molecule has 144 valence electrons. The maximum absolute atomic E-state index is 12.0. The average molecular weight is 371 g/mol. The fraction of sp³-hybridized carbons (Fsp3) is 0.350. The van der Waals surface area contributed by atoms with Crippen LogP contribution in [-0.2, 0) is 11.2 Å². The molecule has 0 atom stereocenters. The number of aryl methyl sites for hydroxylation is 1. The summed E-state index contributed by atoms with van der Waals surface area (Å²) in [5.41, 5.74) is 1.49. The van der Waals surface area contributed by atoms with Crippen molar-refractivity contribution in [3.63, 3.8) is 0 Å². The lowest BCUT2D eigenvalue weighted by atomic mass is 10.1. The topological polar surface area (TPSA) is 89.6 Å². The second-order valence-electron chi connectivity index (χ2n) is 5.77. The van der Waals surface area contributed by atoms with Crippen molar-refractivity contribution in [2.75, 3.05) is 26.8 Å². The van der Waals surface area contributed by atoms with Crippen molar-refractivity contribution in [2.45, 2.75) is 19.8 Å². The lowest BCUT2D eigenvalue weighted by Crippen LogP contribution is -2.34. The van der Waals surface area contributed by atoms with Crippen molar-refractivity contribution in [1.29, 1.82) is 0 Å². The minimum absolute atomic E-state index is 0.0709. The Balaban J connectivity index is 1.69. The number of benzene rings is 1. The monoisotopic (exact) mass is 371 g/mol. The first kappa shape index (κ1) is 20.2. The maximum Gasteiger partial charge on any atom is 0.252 e. The average Bonchev–Trinajstić information content (AvgIpc) is 2.71. The van der Waals surface area contributed by atoms with E-state index in [1.54, 1.807) is 25.4 Å². The summed E-state index contributed by atoms with van der Waals surface area (Å²) in [6.07, 6.45) is 4.06. The third-order valence-electron chi connectivity index (χ3n) is 3.83. The highest BCUT2D eigenvalue weighted by Crippen LogP contribution is 2.28. The van der Waals surface area contributed by atoms with Crippen molar-refractivity contribution in [3.05, 3.63) is 53.9 Å². The van der Waals surface area contributed by atoms with Crippen LogP contribution in [0.3, 0.4) is 0 Å². The van der Waals surface area contributed by atoms with Gasteiger partial charge in [-0.2, -0.15) is 0 Å². The second-order valence-corrected chi connectivity index (χ2v) is 5.77. The van der Waals surface area contributed by atoms with E-state index in [1.807, 2.05) is 25.1 Å². The number of ether oxygens (including phenoxy) is 2. The van der Waals surface area contributed by atoms with Crippen LogP contribution in [0, 0.1) is 0 Å². The summed E-state index contributed by atoms with van der Waals surface area (Å²) in [7, 11) is 1.59. The Kier molecular flexibility index (Phi) is 8.09. The molecule has 2 rings (SSSR count). The van der Waals surface area contributed by atoms with E-state index in [0.29, 0.717) is 49.6 Å². The Morgan fingerprint density at radius 3 is 2.63 bits per heavy atom. The first-order chi connectivity index (χ1) is 13.1. The lowest BCUT2D eigenvalue weighted by molar-refractivity contribution is -0.121. The molecule has 7 heteroatoms. The van der Waals surface area contributed by atoms with Crippen molar-refractivity contribution >= 4 is 11.8 Å². The van der Waals surface area contributed by atoms with Crippen LogP contribution in [0.25, 0.3) is 0 Å². The molecule has 0 spiro atoms. The van der Waals surface area contributed by atoms with Gasteiger partial charge in [-0.1, -0.05) is 6.07 Å². The minimum Gasteiger partial charge on any atom is -0.493 e. The van der Waals surface area contributed by atoms with Crippen LogP contribution >= 0.6 is 0 Å². The predicted octanol–water partition coefficient (Wildman–Crippen LogP) is 1.97. The highest BCUT2D eigenvalue weighted by Gasteiger charge is 2.08. The highest BCUT2D eigenvalue weighted by atomic mass is 16.5. The van der Waals surface area contributed by atoms with Crippen molar-refractivity contribution in [1.82, 2.24) is 15.6 Å². The van der Waals surface area contributed by atoms with Crippen LogP contribution in [-0.4, -0.2) is 43.6 Å². The SMILES string of the molecule is CCOc1ccc(CCC(=O)NCCNC(=O)c2cccnc2)cc1OC. The molecular weight excluding hydrogens is 346 g/mol. The van der Waals surface area contributed by atoms with Gasteiger partial charge in [-0.05, 0) is 43.2 Å². The quantitative estimate of drug-likeness (QED) is 0.623. The number of methoxy groups -OCH3 is 1. The largest absolute Gasteiger partial charge is 0.493 e. The summed E-state index contributed by atoms with van der Waals surface area (Å²) in [6, 6.07) is 9.05. The Morgan fingerprint density at radius 1 is 1.11 bits per heavy atom. The van der Waals surface area contributed by atoms with E-state index in [1.165, 1.54) is 6.20 Å². The van der Waals surface area contributed by atoms with Crippen LogP contribution < -0.4 is 20.1 Å². The third-order valence-corrected chi connectivity index (χ3v) is 3.83. The summed E-state index contributed by atoms with van der Waals surface area (Å²) < 4.78 is 10.8. The van der Waals surface area contributed by atoms with Crippen LogP contribution in [0.2, 0.25) is 0 Å². The van der Waals surface area contributed by atoms with E-state index < -0.39 is 0 Å². The molecule has 0 bridgehead atoms. The number of hydrogen-bond acceptors (Lipinski definition) is 5. The zero-order valence-electron chi connectivity index (χ0n) is 15.7.